The number of nitrogens with two attached hydrogens (primary N) is 1. The summed E-state index contributed by atoms with van der Waals surface area (Å²) in [5, 5.41) is 3.28. The zero-order valence-electron chi connectivity index (χ0n) is 15.1. The first-order chi connectivity index (χ1) is 13.3. The van der Waals surface area contributed by atoms with Gasteiger partial charge in [0, 0.05) is 11.8 Å². The van der Waals surface area contributed by atoms with E-state index in [0.29, 0.717) is 5.82 Å². The van der Waals surface area contributed by atoms with Gasteiger partial charge in [-0.15, -0.1) is 0 Å². The van der Waals surface area contributed by atoms with E-state index in [1.54, 1.807) is 24.8 Å². The van der Waals surface area contributed by atoms with Crippen molar-refractivity contribution >= 4 is 11.5 Å². The van der Waals surface area contributed by atoms with E-state index in [9.17, 15) is 0 Å². The van der Waals surface area contributed by atoms with Crippen LogP contribution >= 0.6 is 0 Å². The molecule has 0 bridgehead atoms. The van der Waals surface area contributed by atoms with Crippen molar-refractivity contribution < 1.29 is 0 Å². The van der Waals surface area contributed by atoms with Crippen molar-refractivity contribution in [3.63, 3.8) is 0 Å². The van der Waals surface area contributed by atoms with Crippen LogP contribution in [-0.4, -0.2) is 37.4 Å². The second-order valence-corrected chi connectivity index (χ2v) is 6.51. The van der Waals surface area contributed by atoms with Crippen LogP contribution in [0.2, 0.25) is 0 Å². The molecule has 4 aromatic rings. The van der Waals surface area contributed by atoms with Crippen LogP contribution in [0, 0.1) is 0 Å². The van der Waals surface area contributed by atoms with Crippen molar-refractivity contribution in [2.24, 2.45) is 0 Å². The molecule has 0 radical (unpaired) electrons. The molecule has 1 fully saturated rings. The van der Waals surface area contributed by atoms with E-state index in [0.717, 1.165) is 28.3 Å². The Labute approximate surface area is 157 Å². The molecule has 1 aliphatic heterocycles. The lowest BCUT2D eigenvalue weighted by molar-refractivity contribution is 0.520. The summed E-state index contributed by atoms with van der Waals surface area (Å²) in [7, 11) is 0. The summed E-state index contributed by atoms with van der Waals surface area (Å²) in [6, 6.07) is 9.59. The first-order valence-corrected chi connectivity index (χ1v) is 9.21. The van der Waals surface area contributed by atoms with Gasteiger partial charge in [-0.25, -0.2) is 15.0 Å². The predicted octanol–water partition coefficient (Wildman–Crippen LogP) is 3.13. The molecule has 0 amide bonds. The lowest BCUT2D eigenvalue weighted by atomic mass is 10.2. The molecule has 138 valence electrons. The van der Waals surface area contributed by atoms with Gasteiger partial charge >= 0.3 is 0 Å². The quantitative estimate of drug-likeness (QED) is 0.510. The van der Waals surface area contributed by atoms with Crippen LogP contribution in [0.4, 0.5) is 5.82 Å². The number of nitrogens with one attached hydrogen (secondary N) is 2. The standard InChI is InChI=1S/C15H12N6.C5H11N/c16-14-3-1-2-11(20-14)13-8-18-15-6-10(4-5-21(13)15)12-7-17-9-19-12;1-2-4-6-5-3-1/h1-9H,(H2,16,20)(H,17,19);6H,1-5H2. The van der Waals surface area contributed by atoms with Crippen LogP contribution in [0.3, 0.4) is 0 Å². The Kier molecular flexibility index (Phi) is 5.11. The smallest absolute Gasteiger partial charge is 0.137 e. The minimum atomic E-state index is 0.497. The average molecular weight is 361 g/mol. The first-order valence-electron chi connectivity index (χ1n) is 9.21. The summed E-state index contributed by atoms with van der Waals surface area (Å²) in [6.45, 7) is 2.50. The monoisotopic (exact) mass is 361 g/mol. The lowest BCUT2D eigenvalue weighted by Gasteiger charge is -2.08. The van der Waals surface area contributed by atoms with Gasteiger partial charge in [-0.3, -0.25) is 4.40 Å². The highest BCUT2D eigenvalue weighted by atomic mass is 15.0. The lowest BCUT2D eigenvalue weighted by Crippen LogP contribution is -2.21. The van der Waals surface area contributed by atoms with Crippen LogP contribution in [0.25, 0.3) is 28.3 Å². The molecule has 1 saturated heterocycles. The number of fused-ring (bicyclic) bond motifs is 1. The van der Waals surface area contributed by atoms with E-state index in [1.165, 1.54) is 32.4 Å². The molecule has 5 heterocycles. The van der Waals surface area contributed by atoms with Crippen LogP contribution in [-0.2, 0) is 0 Å². The van der Waals surface area contributed by atoms with Crippen molar-refractivity contribution in [1.82, 2.24) is 29.7 Å². The number of aromatic amines is 1. The van der Waals surface area contributed by atoms with Gasteiger partial charge in [-0.05, 0) is 50.2 Å². The average Bonchev–Trinajstić information content (AvgIpc) is 3.39. The Hall–Kier alpha value is -3.19. The van der Waals surface area contributed by atoms with Crippen molar-refractivity contribution in [3.05, 3.63) is 55.2 Å². The molecule has 7 heteroatoms. The molecule has 0 aromatic carbocycles. The Morgan fingerprint density at radius 1 is 1.04 bits per heavy atom. The molecule has 0 aliphatic carbocycles. The summed E-state index contributed by atoms with van der Waals surface area (Å²) in [6.07, 6.45) is 11.4. The van der Waals surface area contributed by atoms with Gasteiger partial charge < -0.3 is 16.0 Å². The first kappa shape index (κ1) is 17.2. The number of aromatic nitrogens is 5. The summed E-state index contributed by atoms with van der Waals surface area (Å²) in [5.74, 6) is 0.497. The number of hydrogen-bond donors (Lipinski definition) is 3. The molecule has 0 spiro atoms. The molecular formula is C20H23N7. The fraction of sp³-hybridized carbons (Fsp3) is 0.250. The minimum Gasteiger partial charge on any atom is -0.384 e. The zero-order chi connectivity index (χ0) is 18.5. The van der Waals surface area contributed by atoms with Crippen molar-refractivity contribution in [2.75, 3.05) is 18.8 Å². The molecule has 7 nitrogen and oxygen atoms in total. The van der Waals surface area contributed by atoms with Gasteiger partial charge in [-0.1, -0.05) is 12.5 Å². The van der Waals surface area contributed by atoms with Gasteiger partial charge in [0.2, 0.25) is 0 Å². The highest BCUT2D eigenvalue weighted by Gasteiger charge is 2.09. The maximum atomic E-state index is 5.75. The Morgan fingerprint density at radius 2 is 1.93 bits per heavy atom. The number of nitrogen functional groups attached to an aromatic ring is 1. The van der Waals surface area contributed by atoms with Gasteiger partial charge in [0.25, 0.3) is 0 Å². The van der Waals surface area contributed by atoms with Crippen molar-refractivity contribution in [1.29, 1.82) is 0 Å². The number of nitrogens with zero attached hydrogens (tertiary/aromatic N) is 4. The zero-order valence-corrected chi connectivity index (χ0v) is 15.1. The molecule has 0 saturated carbocycles. The molecule has 4 N–H and O–H groups in total. The maximum absolute atomic E-state index is 5.75. The number of imidazole rings is 2. The molecule has 4 aromatic heterocycles. The number of anilines is 1. The number of H-pyrrole nitrogens is 1. The van der Waals surface area contributed by atoms with Crippen molar-refractivity contribution in [3.8, 4) is 22.6 Å². The summed E-state index contributed by atoms with van der Waals surface area (Å²) in [4.78, 5) is 15.9. The Morgan fingerprint density at radius 3 is 2.59 bits per heavy atom. The summed E-state index contributed by atoms with van der Waals surface area (Å²) >= 11 is 0. The number of hydrogen-bond acceptors (Lipinski definition) is 5. The highest BCUT2D eigenvalue weighted by molar-refractivity contribution is 5.67. The van der Waals surface area contributed by atoms with E-state index < -0.39 is 0 Å². The second-order valence-electron chi connectivity index (χ2n) is 6.51. The van der Waals surface area contributed by atoms with Gasteiger partial charge in [0.15, 0.2) is 0 Å². The van der Waals surface area contributed by atoms with E-state index in [2.05, 4.69) is 25.3 Å². The van der Waals surface area contributed by atoms with Crippen LogP contribution < -0.4 is 11.1 Å². The van der Waals surface area contributed by atoms with E-state index in [4.69, 9.17) is 5.73 Å². The molecule has 0 atom stereocenters. The third-order valence-electron chi connectivity index (χ3n) is 4.56. The van der Waals surface area contributed by atoms with Crippen LogP contribution in [0.1, 0.15) is 19.3 Å². The topological polar surface area (TPSA) is 96.9 Å². The molecular weight excluding hydrogens is 338 g/mol. The SMILES string of the molecule is C1CCNCC1.Nc1cccc(-c2cnc3cc(-c4cnc[nH]4)ccn23)n1. The summed E-state index contributed by atoms with van der Waals surface area (Å²) < 4.78 is 1.99. The van der Waals surface area contributed by atoms with E-state index >= 15 is 0 Å². The molecule has 5 rings (SSSR count). The minimum absolute atomic E-state index is 0.497. The van der Waals surface area contributed by atoms with Gasteiger partial charge in [-0.2, -0.15) is 0 Å². The second kappa shape index (κ2) is 8.01. The molecule has 27 heavy (non-hydrogen) atoms. The van der Waals surface area contributed by atoms with Crippen molar-refractivity contribution in [2.45, 2.75) is 19.3 Å². The number of rotatable bonds is 2. The largest absolute Gasteiger partial charge is 0.384 e. The fourth-order valence-corrected chi connectivity index (χ4v) is 3.15. The Bertz CT molecular complexity index is 989. The van der Waals surface area contributed by atoms with E-state index in [-0.39, 0.29) is 0 Å². The van der Waals surface area contributed by atoms with Crippen LogP contribution in [0.5, 0.6) is 0 Å². The number of pyridine rings is 2. The number of piperidine rings is 1. The normalized spacial score (nSPS) is 13.9. The van der Waals surface area contributed by atoms with Gasteiger partial charge in [0.1, 0.15) is 11.5 Å². The highest BCUT2D eigenvalue weighted by Crippen LogP contribution is 2.23. The third-order valence-corrected chi connectivity index (χ3v) is 4.56. The summed E-state index contributed by atoms with van der Waals surface area (Å²) in [5.41, 5.74) is 10.3. The van der Waals surface area contributed by atoms with Crippen LogP contribution in [0.15, 0.2) is 55.2 Å². The van der Waals surface area contributed by atoms with E-state index in [1.807, 2.05) is 34.9 Å². The predicted molar refractivity (Wildman–Crippen MR) is 107 cm³/mol. The maximum Gasteiger partial charge on any atom is 0.137 e. The molecule has 1 aliphatic rings. The van der Waals surface area contributed by atoms with Gasteiger partial charge in [0.05, 0.1) is 35.8 Å². The Balaban J connectivity index is 0.000000257. The fourth-order valence-electron chi connectivity index (χ4n) is 3.15. The molecule has 0 unspecified atom stereocenters. The third kappa shape index (κ3) is 3.98.